The molecule has 1 saturated heterocycles. The Hall–Kier alpha value is -1.43. The highest BCUT2D eigenvalue weighted by atomic mass is 19.4. The summed E-state index contributed by atoms with van der Waals surface area (Å²) in [6.45, 7) is 5.09. The molecule has 1 N–H and O–H groups in total. The first-order valence-corrected chi connectivity index (χ1v) is 7.01. The molecule has 21 heavy (non-hydrogen) atoms. The molecule has 0 spiro atoms. The van der Waals surface area contributed by atoms with E-state index in [0.717, 1.165) is 18.7 Å². The monoisotopic (exact) mass is 301 g/mol. The Balaban J connectivity index is 1.66. The fraction of sp³-hybridized carbons (Fsp3) is 0.600. The van der Waals surface area contributed by atoms with Crippen LogP contribution < -0.4 is 10.1 Å². The molecule has 1 aliphatic heterocycles. The Labute approximate surface area is 121 Å². The van der Waals surface area contributed by atoms with Gasteiger partial charge in [0.15, 0.2) is 0 Å². The third-order valence-corrected chi connectivity index (χ3v) is 4.51. The Morgan fingerprint density at radius 3 is 2.52 bits per heavy atom. The molecule has 3 rings (SSSR count). The van der Waals surface area contributed by atoms with E-state index in [-0.39, 0.29) is 23.3 Å². The highest BCUT2D eigenvalue weighted by molar-refractivity contribution is 5.48. The number of hydrogen-bond acceptors (Lipinski definition) is 3. The van der Waals surface area contributed by atoms with Crippen LogP contribution in [0.15, 0.2) is 24.3 Å². The number of rotatable bonds is 3. The lowest BCUT2D eigenvalue weighted by Gasteiger charge is -2.55. The molecule has 0 bridgehead atoms. The van der Waals surface area contributed by atoms with Crippen molar-refractivity contribution in [2.45, 2.75) is 38.8 Å². The summed E-state index contributed by atoms with van der Waals surface area (Å²) in [5.74, 6) is 0.272. The van der Waals surface area contributed by atoms with E-state index in [2.05, 4.69) is 23.9 Å². The highest BCUT2D eigenvalue weighted by Gasteiger charge is 2.59. The van der Waals surface area contributed by atoms with Gasteiger partial charge in [0.05, 0.1) is 6.10 Å². The first kappa shape index (κ1) is 14.5. The van der Waals surface area contributed by atoms with Crippen LogP contribution in [0.4, 0.5) is 18.9 Å². The predicted molar refractivity (Wildman–Crippen MR) is 72.2 cm³/mol. The van der Waals surface area contributed by atoms with Crippen molar-refractivity contribution >= 4 is 5.69 Å². The second-order valence-corrected chi connectivity index (χ2v) is 6.26. The van der Waals surface area contributed by atoms with Crippen molar-refractivity contribution in [3.63, 3.8) is 0 Å². The number of ether oxygens (including phenoxy) is 2. The van der Waals surface area contributed by atoms with Crippen LogP contribution in [0.3, 0.4) is 0 Å². The number of benzene rings is 1. The summed E-state index contributed by atoms with van der Waals surface area (Å²) in [6, 6.07) is 6.15. The van der Waals surface area contributed by atoms with Gasteiger partial charge in [0.2, 0.25) is 0 Å². The molecule has 0 radical (unpaired) electrons. The van der Waals surface area contributed by atoms with Gasteiger partial charge in [-0.2, -0.15) is 0 Å². The minimum absolute atomic E-state index is 0.0301. The quantitative estimate of drug-likeness (QED) is 0.921. The summed E-state index contributed by atoms with van der Waals surface area (Å²) in [5, 5.41) is 3.41. The standard InChI is InChI=1S/C15H18F3NO2/c1-14(2)12(11-7-8-20-13(11)14)19-9-3-5-10(6-4-9)21-15(16,17)18/h3-6,11-13,19H,7-8H2,1-2H3. The Morgan fingerprint density at radius 2 is 1.90 bits per heavy atom. The molecular formula is C15H18F3NO2. The second-order valence-electron chi connectivity index (χ2n) is 6.26. The number of fused-ring (bicyclic) bond motifs is 1. The zero-order valence-electron chi connectivity index (χ0n) is 11.9. The Morgan fingerprint density at radius 1 is 1.24 bits per heavy atom. The van der Waals surface area contributed by atoms with Crippen molar-refractivity contribution in [2.75, 3.05) is 11.9 Å². The summed E-state index contributed by atoms with van der Waals surface area (Å²) >= 11 is 0. The van der Waals surface area contributed by atoms with E-state index in [1.54, 1.807) is 12.1 Å². The zero-order chi connectivity index (χ0) is 15.3. The summed E-state index contributed by atoms with van der Waals surface area (Å²) in [5.41, 5.74) is 0.829. The Kier molecular flexibility index (Phi) is 3.31. The van der Waals surface area contributed by atoms with Crippen molar-refractivity contribution in [3.8, 4) is 5.75 Å². The van der Waals surface area contributed by atoms with Crippen LogP contribution in [0.1, 0.15) is 20.3 Å². The lowest BCUT2D eigenvalue weighted by molar-refractivity contribution is -0.274. The molecule has 116 valence electrons. The fourth-order valence-corrected chi connectivity index (χ4v) is 3.55. The highest BCUT2D eigenvalue weighted by Crippen LogP contribution is 2.53. The maximum absolute atomic E-state index is 12.1. The van der Waals surface area contributed by atoms with E-state index < -0.39 is 6.36 Å². The fourth-order valence-electron chi connectivity index (χ4n) is 3.55. The molecule has 6 heteroatoms. The van der Waals surface area contributed by atoms with Crippen molar-refractivity contribution < 1.29 is 22.6 Å². The molecule has 0 amide bonds. The van der Waals surface area contributed by atoms with Crippen LogP contribution in [-0.2, 0) is 4.74 Å². The van der Waals surface area contributed by atoms with Gasteiger partial charge in [-0.1, -0.05) is 13.8 Å². The normalized spacial score (nSPS) is 30.4. The Bertz CT molecular complexity index is 513. The third-order valence-electron chi connectivity index (χ3n) is 4.51. The topological polar surface area (TPSA) is 30.5 Å². The molecule has 3 nitrogen and oxygen atoms in total. The minimum Gasteiger partial charge on any atom is -0.406 e. The van der Waals surface area contributed by atoms with E-state index in [1.807, 2.05) is 0 Å². The molecule has 2 aliphatic rings. The minimum atomic E-state index is -4.65. The SMILES string of the molecule is CC1(C)C(Nc2ccc(OC(F)(F)F)cc2)C2CCOC21. The number of hydrogen-bond donors (Lipinski definition) is 1. The van der Waals surface area contributed by atoms with Gasteiger partial charge in [-0.05, 0) is 30.7 Å². The average molecular weight is 301 g/mol. The smallest absolute Gasteiger partial charge is 0.406 e. The maximum Gasteiger partial charge on any atom is 0.573 e. The van der Waals surface area contributed by atoms with Crippen LogP contribution in [0, 0.1) is 11.3 Å². The van der Waals surface area contributed by atoms with Gasteiger partial charge >= 0.3 is 6.36 Å². The van der Waals surface area contributed by atoms with Gasteiger partial charge in [0.1, 0.15) is 5.75 Å². The molecule has 1 aliphatic carbocycles. The van der Waals surface area contributed by atoms with Crippen molar-refractivity contribution in [1.82, 2.24) is 0 Å². The number of nitrogens with one attached hydrogen (secondary N) is 1. The summed E-state index contributed by atoms with van der Waals surface area (Å²) in [4.78, 5) is 0. The first-order valence-electron chi connectivity index (χ1n) is 7.01. The largest absolute Gasteiger partial charge is 0.573 e. The summed E-state index contributed by atoms with van der Waals surface area (Å²) in [6.07, 6.45) is -3.34. The van der Waals surface area contributed by atoms with Gasteiger partial charge < -0.3 is 14.8 Å². The lowest BCUT2D eigenvalue weighted by Crippen LogP contribution is -2.63. The molecule has 3 unspecified atom stereocenters. The maximum atomic E-state index is 12.1. The van der Waals surface area contributed by atoms with E-state index >= 15 is 0 Å². The van der Waals surface area contributed by atoms with E-state index in [1.165, 1.54) is 12.1 Å². The molecule has 3 atom stereocenters. The lowest BCUT2D eigenvalue weighted by atomic mass is 9.57. The number of alkyl halides is 3. The van der Waals surface area contributed by atoms with Crippen LogP contribution in [0.2, 0.25) is 0 Å². The van der Waals surface area contributed by atoms with Gasteiger partial charge in [-0.3, -0.25) is 0 Å². The van der Waals surface area contributed by atoms with Crippen LogP contribution in [0.25, 0.3) is 0 Å². The summed E-state index contributed by atoms with van der Waals surface area (Å²) < 4.78 is 45.9. The van der Waals surface area contributed by atoms with Crippen LogP contribution >= 0.6 is 0 Å². The number of halogens is 3. The van der Waals surface area contributed by atoms with E-state index in [0.29, 0.717) is 5.92 Å². The number of anilines is 1. The van der Waals surface area contributed by atoms with Crippen molar-refractivity contribution in [1.29, 1.82) is 0 Å². The van der Waals surface area contributed by atoms with Gasteiger partial charge in [-0.25, -0.2) is 0 Å². The molecule has 1 saturated carbocycles. The van der Waals surface area contributed by atoms with Crippen molar-refractivity contribution in [2.24, 2.45) is 11.3 Å². The van der Waals surface area contributed by atoms with E-state index in [4.69, 9.17) is 4.74 Å². The molecule has 1 aromatic rings. The molecule has 0 aromatic heterocycles. The summed E-state index contributed by atoms with van der Waals surface area (Å²) in [7, 11) is 0. The molecule has 1 aromatic carbocycles. The van der Waals surface area contributed by atoms with Gasteiger partial charge in [0.25, 0.3) is 0 Å². The van der Waals surface area contributed by atoms with Gasteiger partial charge in [0, 0.05) is 29.7 Å². The average Bonchev–Trinajstić information content (AvgIpc) is 2.83. The molecule has 2 fully saturated rings. The predicted octanol–water partition coefficient (Wildman–Crippen LogP) is 3.81. The molecule has 1 heterocycles. The van der Waals surface area contributed by atoms with Crippen LogP contribution in [-0.4, -0.2) is 25.1 Å². The van der Waals surface area contributed by atoms with Crippen molar-refractivity contribution in [3.05, 3.63) is 24.3 Å². The third kappa shape index (κ3) is 2.69. The second kappa shape index (κ2) is 4.80. The first-order chi connectivity index (χ1) is 9.77. The van der Waals surface area contributed by atoms with Gasteiger partial charge in [-0.15, -0.1) is 13.2 Å². The van der Waals surface area contributed by atoms with Crippen LogP contribution in [0.5, 0.6) is 5.75 Å². The molecular weight excluding hydrogens is 283 g/mol. The van der Waals surface area contributed by atoms with E-state index in [9.17, 15) is 13.2 Å². The zero-order valence-corrected chi connectivity index (χ0v) is 11.9.